The van der Waals surface area contributed by atoms with Gasteiger partial charge >= 0.3 is 0 Å². The molecule has 1 atom stereocenters. The minimum Gasteiger partial charge on any atom is -0.363 e. The lowest BCUT2D eigenvalue weighted by Gasteiger charge is -2.55. The van der Waals surface area contributed by atoms with Crippen LogP contribution in [0.4, 0.5) is 19.0 Å². The van der Waals surface area contributed by atoms with E-state index in [2.05, 4.69) is 21.2 Å². The molecule has 1 aromatic carbocycles. The Balaban J connectivity index is 1.48. The predicted octanol–water partition coefficient (Wildman–Crippen LogP) is 4.17. The highest BCUT2D eigenvalue weighted by Crippen LogP contribution is 2.56. The van der Waals surface area contributed by atoms with Gasteiger partial charge in [0.25, 0.3) is 12.0 Å². The Morgan fingerprint density at radius 2 is 1.91 bits per heavy atom. The molecule has 34 heavy (non-hydrogen) atoms. The number of aryl methyl sites for hydroxylation is 1. The number of halogens is 3. The number of benzene rings is 1. The van der Waals surface area contributed by atoms with Crippen LogP contribution in [-0.2, 0) is 16.6 Å². The smallest absolute Gasteiger partial charge is 0.266 e. The van der Waals surface area contributed by atoms with Crippen molar-refractivity contribution >= 4 is 32.2 Å². The van der Waals surface area contributed by atoms with Gasteiger partial charge in [0.05, 0.1) is 17.0 Å². The maximum Gasteiger partial charge on any atom is 0.266 e. The third kappa shape index (κ3) is 3.68. The third-order valence-corrected chi connectivity index (χ3v) is 9.36. The Kier molecular flexibility index (Phi) is 5.27. The van der Waals surface area contributed by atoms with E-state index in [1.807, 2.05) is 0 Å². The molecular formula is C24H25F3N4O2S. The Hall–Kier alpha value is -2.88. The molecule has 1 aliphatic heterocycles. The highest BCUT2D eigenvalue weighted by atomic mass is 32.2. The van der Waals surface area contributed by atoms with Crippen molar-refractivity contribution in [1.29, 1.82) is 0 Å². The standard InChI is InChI=1S/C24H25F3N4O2S/c1-13(15-5-4-6-16(19(15)25)20(26)27)30-21-18-7-17(23(32)31(2)22(18)29-12-28-21)14-8-24(9-14)10-34(3,33)11-24/h4-7,12-14,20H,3,8-11H2,1-2H3,(H,28,29,30)/t13-,14?,24?,34?/m1/s1. The second-order valence-corrected chi connectivity index (χ2v) is 12.2. The van der Waals surface area contributed by atoms with Crippen LogP contribution in [-0.4, -0.2) is 36.1 Å². The molecule has 0 radical (unpaired) electrons. The quantitative estimate of drug-likeness (QED) is 0.544. The number of fused-ring (bicyclic) bond motifs is 1. The molecular weight excluding hydrogens is 465 g/mol. The lowest BCUT2D eigenvalue weighted by Crippen LogP contribution is -2.56. The number of hydrogen-bond acceptors (Lipinski definition) is 5. The van der Waals surface area contributed by atoms with Gasteiger partial charge in [-0.25, -0.2) is 23.1 Å². The molecule has 3 aromatic rings. The molecule has 3 heterocycles. The molecule has 180 valence electrons. The summed E-state index contributed by atoms with van der Waals surface area (Å²) in [6.07, 6.45) is -0.0280. The van der Waals surface area contributed by atoms with Crippen molar-refractivity contribution in [3.63, 3.8) is 0 Å². The summed E-state index contributed by atoms with van der Waals surface area (Å²) in [7, 11) is -0.319. The predicted molar refractivity (Wildman–Crippen MR) is 128 cm³/mol. The van der Waals surface area contributed by atoms with Crippen molar-refractivity contribution in [2.24, 2.45) is 12.5 Å². The molecule has 2 aromatic heterocycles. The lowest BCUT2D eigenvalue weighted by molar-refractivity contribution is 0.142. The average molecular weight is 491 g/mol. The zero-order chi connectivity index (χ0) is 24.4. The van der Waals surface area contributed by atoms with Crippen LogP contribution in [0.3, 0.4) is 0 Å². The summed E-state index contributed by atoms with van der Waals surface area (Å²) in [5, 5.41) is 3.70. The maximum atomic E-state index is 14.7. The fourth-order valence-corrected chi connectivity index (χ4v) is 8.19. The molecule has 2 fully saturated rings. The van der Waals surface area contributed by atoms with Gasteiger partial charge in [-0.3, -0.25) is 13.6 Å². The van der Waals surface area contributed by atoms with Crippen LogP contribution in [0.15, 0.2) is 35.4 Å². The van der Waals surface area contributed by atoms with Crippen LogP contribution in [0.5, 0.6) is 0 Å². The molecule has 2 aliphatic rings. The molecule has 5 rings (SSSR count). The Labute approximate surface area is 195 Å². The number of anilines is 1. The van der Waals surface area contributed by atoms with E-state index < -0.39 is 33.4 Å². The van der Waals surface area contributed by atoms with Gasteiger partial charge in [0.2, 0.25) is 0 Å². The van der Waals surface area contributed by atoms with E-state index in [0.29, 0.717) is 33.9 Å². The van der Waals surface area contributed by atoms with E-state index in [-0.39, 0.29) is 22.5 Å². The summed E-state index contributed by atoms with van der Waals surface area (Å²) >= 11 is 0. The molecule has 0 amide bonds. The Morgan fingerprint density at radius 1 is 1.24 bits per heavy atom. The monoisotopic (exact) mass is 490 g/mol. The molecule has 1 saturated carbocycles. The van der Waals surface area contributed by atoms with Crippen molar-refractivity contribution in [3.05, 3.63) is 63.5 Å². The third-order valence-electron chi connectivity index (χ3n) is 7.08. The van der Waals surface area contributed by atoms with Gasteiger partial charge in [0.1, 0.15) is 23.6 Å². The molecule has 1 saturated heterocycles. The summed E-state index contributed by atoms with van der Waals surface area (Å²) in [5.74, 6) is 4.48. The summed E-state index contributed by atoms with van der Waals surface area (Å²) in [5.41, 5.74) is 0.384. The lowest BCUT2D eigenvalue weighted by atomic mass is 9.61. The zero-order valence-corrected chi connectivity index (χ0v) is 19.7. The summed E-state index contributed by atoms with van der Waals surface area (Å²) in [6.45, 7) is 1.66. The van der Waals surface area contributed by atoms with Gasteiger partial charge < -0.3 is 5.32 Å². The van der Waals surface area contributed by atoms with Crippen LogP contribution < -0.4 is 10.9 Å². The van der Waals surface area contributed by atoms with E-state index in [1.165, 1.54) is 23.0 Å². The fourth-order valence-electron chi connectivity index (χ4n) is 5.57. The van der Waals surface area contributed by atoms with Crippen molar-refractivity contribution in [3.8, 4) is 0 Å². The van der Waals surface area contributed by atoms with Crippen LogP contribution in [0.2, 0.25) is 0 Å². The van der Waals surface area contributed by atoms with Crippen LogP contribution >= 0.6 is 0 Å². The molecule has 0 unspecified atom stereocenters. The number of aromatic nitrogens is 3. The Morgan fingerprint density at radius 3 is 2.56 bits per heavy atom. The van der Waals surface area contributed by atoms with Crippen LogP contribution in [0.1, 0.15) is 54.8 Å². The van der Waals surface area contributed by atoms with Crippen molar-refractivity contribution < 1.29 is 17.4 Å². The first-order valence-corrected chi connectivity index (χ1v) is 13.1. The van der Waals surface area contributed by atoms with Crippen molar-refractivity contribution in [1.82, 2.24) is 14.5 Å². The van der Waals surface area contributed by atoms with E-state index in [0.717, 1.165) is 18.9 Å². The molecule has 1 spiro atoms. The maximum absolute atomic E-state index is 14.7. The largest absolute Gasteiger partial charge is 0.363 e. The van der Waals surface area contributed by atoms with Crippen molar-refractivity contribution in [2.75, 3.05) is 16.8 Å². The highest BCUT2D eigenvalue weighted by molar-refractivity contribution is 8.01. The first kappa shape index (κ1) is 22.9. The summed E-state index contributed by atoms with van der Waals surface area (Å²) in [4.78, 5) is 21.6. The summed E-state index contributed by atoms with van der Waals surface area (Å²) < 4.78 is 54.5. The number of hydrogen-bond donors (Lipinski definition) is 1. The van der Waals surface area contributed by atoms with E-state index in [9.17, 15) is 22.2 Å². The molecule has 6 nitrogen and oxygen atoms in total. The average Bonchev–Trinajstić information content (AvgIpc) is 2.73. The van der Waals surface area contributed by atoms with E-state index in [1.54, 1.807) is 20.0 Å². The molecule has 0 bridgehead atoms. The van der Waals surface area contributed by atoms with Crippen LogP contribution in [0.25, 0.3) is 11.0 Å². The number of alkyl halides is 2. The van der Waals surface area contributed by atoms with Crippen molar-refractivity contribution in [2.45, 2.75) is 38.2 Å². The topological polar surface area (TPSA) is 76.9 Å². The van der Waals surface area contributed by atoms with Gasteiger partial charge in [-0.2, -0.15) is 0 Å². The number of nitrogens with zero attached hydrogens (tertiary/aromatic N) is 3. The minimum absolute atomic E-state index is 0.0273. The van der Waals surface area contributed by atoms with Gasteiger partial charge in [-0.1, -0.05) is 18.2 Å². The van der Waals surface area contributed by atoms with E-state index in [4.69, 9.17) is 0 Å². The van der Waals surface area contributed by atoms with Gasteiger partial charge in [0.15, 0.2) is 0 Å². The number of pyridine rings is 1. The molecule has 10 heteroatoms. The second kappa shape index (κ2) is 7.83. The fraction of sp³-hybridized carbons (Fsp3) is 0.417. The number of nitrogens with one attached hydrogen (secondary N) is 1. The van der Waals surface area contributed by atoms with Gasteiger partial charge in [0, 0.05) is 29.7 Å². The first-order valence-electron chi connectivity index (χ1n) is 11.0. The molecule has 1 aliphatic carbocycles. The summed E-state index contributed by atoms with van der Waals surface area (Å²) in [6, 6.07) is 5.03. The number of rotatable bonds is 5. The van der Waals surface area contributed by atoms with Crippen LogP contribution in [0, 0.1) is 11.2 Å². The first-order chi connectivity index (χ1) is 16.0. The van der Waals surface area contributed by atoms with Gasteiger partial charge in [-0.05, 0) is 52.6 Å². The van der Waals surface area contributed by atoms with Gasteiger partial charge in [-0.15, -0.1) is 0 Å². The minimum atomic E-state index is -2.91. The van der Waals surface area contributed by atoms with E-state index >= 15 is 0 Å². The highest BCUT2D eigenvalue weighted by Gasteiger charge is 2.54. The zero-order valence-electron chi connectivity index (χ0n) is 18.9. The normalized spacial score (nSPS) is 26.9. The Bertz CT molecular complexity index is 1450. The molecule has 1 N–H and O–H groups in total. The second-order valence-electron chi connectivity index (χ2n) is 9.70. The SMILES string of the molecule is C=S1(=O)CC2(CC(c3cc4c(N[C@H](C)c5cccc(C(F)F)c5F)ncnc4n(C)c3=O)C2)C1.